The second-order valence-electron chi connectivity index (χ2n) is 10.8. The highest BCUT2D eigenvalue weighted by Crippen LogP contribution is 2.45. The van der Waals surface area contributed by atoms with Crippen LogP contribution >= 0.6 is 0 Å². The molecule has 43 heavy (non-hydrogen) atoms. The Bertz CT molecular complexity index is 1850. The highest BCUT2D eigenvalue weighted by molar-refractivity contribution is 6.07. The van der Waals surface area contributed by atoms with Crippen LogP contribution in [0.25, 0.3) is 22.6 Å². The number of halogens is 4. The highest BCUT2D eigenvalue weighted by atomic mass is 19.4. The fourth-order valence-electron chi connectivity index (χ4n) is 5.10. The lowest BCUT2D eigenvalue weighted by Gasteiger charge is -2.29. The second-order valence-corrected chi connectivity index (χ2v) is 10.8. The third-order valence-electron chi connectivity index (χ3n) is 7.36. The van der Waals surface area contributed by atoms with Gasteiger partial charge in [-0.1, -0.05) is 36.4 Å². The Kier molecular flexibility index (Phi) is 6.82. The maximum atomic E-state index is 14.6. The van der Waals surface area contributed by atoms with E-state index in [4.69, 9.17) is 4.98 Å². The van der Waals surface area contributed by atoms with Crippen LogP contribution in [0.3, 0.4) is 0 Å². The molecule has 9 nitrogen and oxygen atoms in total. The van der Waals surface area contributed by atoms with Crippen LogP contribution in [0.5, 0.6) is 0 Å². The van der Waals surface area contributed by atoms with Gasteiger partial charge in [0.2, 0.25) is 5.91 Å². The van der Waals surface area contributed by atoms with Gasteiger partial charge in [-0.05, 0) is 39.0 Å². The van der Waals surface area contributed by atoms with Gasteiger partial charge in [-0.15, -0.1) is 0 Å². The number of hydrogen-bond donors (Lipinski definition) is 1. The number of carbonyl (C=O) groups excluding carboxylic acids is 1. The molecule has 1 aliphatic heterocycles. The van der Waals surface area contributed by atoms with E-state index in [0.717, 1.165) is 0 Å². The number of aromatic nitrogens is 6. The standard InChI is InChI=1S/C30H26F4N8O/c1-17-35-15-20-23(40-42(26(20)36-17)16-18-9-7-8-12-21(18)31)25-37-24-22(29(2,3)28(43)39-24)27(38-25)41(14-13-30(32,33)34)19-10-5-4-6-11-19/h4-12,15H,13-14,16H2,1-3H3,(H,37,38,39,43). The van der Waals surface area contributed by atoms with E-state index < -0.39 is 30.4 Å². The van der Waals surface area contributed by atoms with Gasteiger partial charge in [-0.2, -0.15) is 18.3 Å². The predicted octanol–water partition coefficient (Wildman–Crippen LogP) is 6.10. The van der Waals surface area contributed by atoms with Crippen LogP contribution in [-0.4, -0.2) is 48.3 Å². The molecule has 0 saturated carbocycles. The number of carbonyl (C=O) groups is 1. The summed E-state index contributed by atoms with van der Waals surface area (Å²) in [6, 6.07) is 14.8. The summed E-state index contributed by atoms with van der Waals surface area (Å²) in [4.78, 5) is 32.7. The van der Waals surface area contributed by atoms with Gasteiger partial charge >= 0.3 is 6.18 Å². The molecule has 0 spiro atoms. The van der Waals surface area contributed by atoms with Crippen LogP contribution in [0.15, 0.2) is 60.8 Å². The third kappa shape index (κ3) is 5.26. The first-order chi connectivity index (χ1) is 20.4. The SMILES string of the molecule is Cc1ncc2c(-c3nc4c(c(N(CCC(F)(F)F)c5ccccc5)n3)C(C)(C)C(=O)N4)nn(Cc3ccccc3F)c2n1. The largest absolute Gasteiger partial charge is 0.390 e. The van der Waals surface area contributed by atoms with Crippen molar-refractivity contribution in [2.24, 2.45) is 0 Å². The molecule has 0 bridgehead atoms. The minimum absolute atomic E-state index is 0.0446. The van der Waals surface area contributed by atoms with Crippen molar-refractivity contribution in [2.75, 3.05) is 16.8 Å². The fraction of sp³-hybridized carbons (Fsp3) is 0.267. The number of alkyl halides is 3. The van der Waals surface area contributed by atoms with Crippen molar-refractivity contribution in [2.45, 2.75) is 45.3 Å². The Morgan fingerprint density at radius 3 is 2.44 bits per heavy atom. The van der Waals surface area contributed by atoms with Crippen molar-refractivity contribution in [3.8, 4) is 11.5 Å². The minimum Gasteiger partial charge on any atom is -0.326 e. The van der Waals surface area contributed by atoms with E-state index >= 15 is 0 Å². The van der Waals surface area contributed by atoms with Crippen LogP contribution in [0.1, 0.15) is 37.2 Å². The number of fused-ring (bicyclic) bond motifs is 2. The van der Waals surface area contributed by atoms with E-state index in [1.54, 1.807) is 75.5 Å². The van der Waals surface area contributed by atoms with Crippen molar-refractivity contribution < 1.29 is 22.4 Å². The van der Waals surface area contributed by atoms with E-state index in [1.807, 2.05) is 0 Å². The second kappa shape index (κ2) is 10.4. The topological polar surface area (TPSA) is 102 Å². The first-order valence-electron chi connectivity index (χ1n) is 13.5. The molecule has 2 aromatic carbocycles. The normalized spacial score (nSPS) is 14.2. The summed E-state index contributed by atoms with van der Waals surface area (Å²) in [6.45, 7) is 4.64. The quantitative estimate of drug-likeness (QED) is 0.229. The zero-order chi connectivity index (χ0) is 30.5. The van der Waals surface area contributed by atoms with Crippen molar-refractivity contribution >= 4 is 34.3 Å². The summed E-state index contributed by atoms with van der Waals surface area (Å²) < 4.78 is 56.6. The first kappa shape index (κ1) is 28.2. The number of nitrogens with one attached hydrogen (secondary N) is 1. The van der Waals surface area contributed by atoms with Crippen molar-refractivity contribution in [3.05, 3.63) is 83.6 Å². The average Bonchev–Trinajstić information content (AvgIpc) is 3.42. The highest BCUT2D eigenvalue weighted by Gasteiger charge is 2.44. The van der Waals surface area contributed by atoms with Gasteiger partial charge in [-0.25, -0.2) is 29.0 Å². The van der Waals surface area contributed by atoms with E-state index in [-0.39, 0.29) is 35.6 Å². The molecule has 0 saturated heterocycles. The molecule has 1 amide bonds. The van der Waals surface area contributed by atoms with E-state index in [2.05, 4.69) is 25.4 Å². The number of hydrogen-bond acceptors (Lipinski definition) is 7. The maximum Gasteiger partial charge on any atom is 0.390 e. The molecule has 5 aromatic rings. The van der Waals surface area contributed by atoms with Crippen LogP contribution in [0.4, 0.5) is 34.9 Å². The lowest BCUT2D eigenvalue weighted by molar-refractivity contribution is -0.132. The van der Waals surface area contributed by atoms with Crippen molar-refractivity contribution in [1.29, 1.82) is 0 Å². The molecule has 0 radical (unpaired) electrons. The Hall–Kier alpha value is -4.94. The monoisotopic (exact) mass is 590 g/mol. The zero-order valence-electron chi connectivity index (χ0n) is 23.4. The Morgan fingerprint density at radius 2 is 1.72 bits per heavy atom. The van der Waals surface area contributed by atoms with Crippen molar-refractivity contribution in [1.82, 2.24) is 29.7 Å². The van der Waals surface area contributed by atoms with E-state index in [0.29, 0.717) is 33.7 Å². The van der Waals surface area contributed by atoms with Gasteiger partial charge in [0, 0.05) is 24.0 Å². The number of anilines is 3. The Labute approximate surface area is 243 Å². The summed E-state index contributed by atoms with van der Waals surface area (Å²) >= 11 is 0. The smallest absolute Gasteiger partial charge is 0.326 e. The van der Waals surface area contributed by atoms with Crippen LogP contribution in [0.2, 0.25) is 0 Å². The third-order valence-corrected chi connectivity index (χ3v) is 7.36. The summed E-state index contributed by atoms with van der Waals surface area (Å²) in [7, 11) is 0. The van der Waals surface area contributed by atoms with E-state index in [1.165, 1.54) is 15.6 Å². The fourth-order valence-corrected chi connectivity index (χ4v) is 5.10. The first-order valence-corrected chi connectivity index (χ1v) is 13.5. The van der Waals surface area contributed by atoms with Gasteiger partial charge in [0.05, 0.1) is 29.3 Å². The number of para-hydroxylation sites is 1. The van der Waals surface area contributed by atoms with Crippen molar-refractivity contribution in [3.63, 3.8) is 0 Å². The average molecular weight is 591 g/mol. The summed E-state index contributed by atoms with van der Waals surface area (Å²) in [5, 5.41) is 7.92. The Morgan fingerprint density at radius 1 is 1.00 bits per heavy atom. The van der Waals surface area contributed by atoms with Crippen LogP contribution in [-0.2, 0) is 16.8 Å². The zero-order valence-corrected chi connectivity index (χ0v) is 23.4. The molecule has 3 aromatic heterocycles. The lowest BCUT2D eigenvalue weighted by Crippen LogP contribution is -2.31. The minimum atomic E-state index is -4.44. The maximum absolute atomic E-state index is 14.6. The molecule has 0 aliphatic carbocycles. The molecule has 0 atom stereocenters. The number of rotatable bonds is 7. The molecule has 220 valence electrons. The van der Waals surface area contributed by atoms with Crippen LogP contribution in [0, 0.1) is 12.7 Å². The summed E-state index contributed by atoms with van der Waals surface area (Å²) in [5.74, 6) is 0.0390. The number of benzene rings is 2. The molecular formula is C30H26F4N8O. The molecule has 1 aliphatic rings. The molecule has 4 heterocycles. The number of aryl methyl sites for hydroxylation is 1. The summed E-state index contributed by atoms with van der Waals surface area (Å²) in [5.41, 5.74) is 0.704. The number of nitrogens with zero attached hydrogens (tertiary/aromatic N) is 7. The molecular weight excluding hydrogens is 564 g/mol. The van der Waals surface area contributed by atoms with E-state index in [9.17, 15) is 22.4 Å². The van der Waals surface area contributed by atoms with Gasteiger partial charge in [-0.3, -0.25) is 4.79 Å². The lowest BCUT2D eigenvalue weighted by atomic mass is 9.86. The summed E-state index contributed by atoms with van der Waals surface area (Å²) in [6.07, 6.45) is -4.01. The molecule has 6 rings (SSSR count). The van der Waals surface area contributed by atoms with Gasteiger partial charge in [0.25, 0.3) is 0 Å². The molecule has 0 unspecified atom stereocenters. The van der Waals surface area contributed by atoms with Gasteiger partial charge in [0.15, 0.2) is 11.5 Å². The van der Waals surface area contributed by atoms with Gasteiger partial charge < -0.3 is 10.2 Å². The molecule has 13 heteroatoms. The molecule has 1 N–H and O–H groups in total. The molecule has 0 fully saturated rings. The van der Waals surface area contributed by atoms with Gasteiger partial charge in [0.1, 0.15) is 29.0 Å². The van der Waals surface area contributed by atoms with Crippen LogP contribution < -0.4 is 10.2 Å². The predicted molar refractivity (Wildman–Crippen MR) is 152 cm³/mol. The Balaban J connectivity index is 1.57. The number of amides is 1.